The summed E-state index contributed by atoms with van der Waals surface area (Å²) in [4.78, 5) is 33.1. The van der Waals surface area contributed by atoms with Gasteiger partial charge in [0.05, 0.1) is 0 Å². The average molecular weight is 428 g/mol. The van der Waals surface area contributed by atoms with Crippen LogP contribution in [0.1, 0.15) is 16.7 Å². The van der Waals surface area contributed by atoms with Gasteiger partial charge in [-0.25, -0.2) is 4.79 Å². The Labute approximate surface area is 185 Å². The zero-order valence-corrected chi connectivity index (χ0v) is 18.4. The second-order valence-corrected chi connectivity index (χ2v) is 8.23. The molecule has 0 unspecified atom stereocenters. The fourth-order valence-corrected chi connectivity index (χ4v) is 4.24. The Kier molecular flexibility index (Phi) is 4.81. The van der Waals surface area contributed by atoms with E-state index in [1.54, 1.807) is 7.05 Å². The normalized spacial score (nSPS) is 13.4. The molecule has 0 fully saturated rings. The van der Waals surface area contributed by atoms with Gasteiger partial charge in [-0.05, 0) is 42.7 Å². The zero-order valence-electron chi connectivity index (χ0n) is 18.4. The van der Waals surface area contributed by atoms with Crippen LogP contribution in [0.25, 0.3) is 17.2 Å². The summed E-state index contributed by atoms with van der Waals surface area (Å²) < 4.78 is 4.68. The molecule has 0 aliphatic carbocycles. The molecule has 4 aromatic rings. The minimum Gasteiger partial charge on any atom is -0.310 e. The Morgan fingerprint density at radius 3 is 2.53 bits per heavy atom. The van der Waals surface area contributed by atoms with Crippen LogP contribution in [0.2, 0.25) is 0 Å². The summed E-state index contributed by atoms with van der Waals surface area (Å²) in [6.45, 7) is 5.76. The van der Waals surface area contributed by atoms with Crippen LogP contribution < -0.4 is 16.1 Å². The lowest BCUT2D eigenvalue weighted by atomic mass is 10.1. The molecular formula is C25H25N5O2. The van der Waals surface area contributed by atoms with E-state index in [0.29, 0.717) is 23.7 Å². The van der Waals surface area contributed by atoms with Crippen molar-refractivity contribution >= 4 is 28.9 Å². The van der Waals surface area contributed by atoms with Crippen LogP contribution in [0.15, 0.2) is 64.2 Å². The van der Waals surface area contributed by atoms with Crippen LogP contribution >= 0.6 is 0 Å². The minimum atomic E-state index is -0.366. The predicted octanol–water partition coefficient (Wildman–Crippen LogP) is 3.38. The maximum Gasteiger partial charge on any atom is 0.332 e. The number of rotatable bonds is 4. The van der Waals surface area contributed by atoms with Gasteiger partial charge in [-0.3, -0.25) is 13.9 Å². The molecule has 2 aromatic carbocycles. The van der Waals surface area contributed by atoms with Crippen LogP contribution in [0.3, 0.4) is 0 Å². The number of anilines is 2. The zero-order chi connectivity index (χ0) is 22.4. The fourth-order valence-electron chi connectivity index (χ4n) is 4.24. The van der Waals surface area contributed by atoms with E-state index in [2.05, 4.69) is 36.9 Å². The van der Waals surface area contributed by atoms with Crippen molar-refractivity contribution in [1.29, 1.82) is 0 Å². The third kappa shape index (κ3) is 3.17. The molecule has 7 nitrogen and oxygen atoms in total. The average Bonchev–Trinajstić information content (AvgIpc) is 3.37. The Hall–Kier alpha value is -3.87. The number of allylic oxidation sites excluding steroid dienone is 1. The van der Waals surface area contributed by atoms with E-state index in [4.69, 9.17) is 4.98 Å². The molecular weight excluding hydrogens is 402 g/mol. The van der Waals surface area contributed by atoms with E-state index in [-0.39, 0.29) is 17.8 Å². The highest BCUT2D eigenvalue weighted by Crippen LogP contribution is 2.32. The molecule has 2 aromatic heterocycles. The smallest absolute Gasteiger partial charge is 0.310 e. The van der Waals surface area contributed by atoms with Crippen LogP contribution in [0, 0.1) is 13.8 Å². The summed E-state index contributed by atoms with van der Waals surface area (Å²) in [6, 6.07) is 16.1. The van der Waals surface area contributed by atoms with Gasteiger partial charge in [-0.1, -0.05) is 48.6 Å². The Balaban J connectivity index is 1.58. The molecule has 7 heteroatoms. The summed E-state index contributed by atoms with van der Waals surface area (Å²) in [7, 11) is 1.67. The minimum absolute atomic E-state index is 0.206. The standard InChI is InChI=1S/C25H25N5O2/c1-17-11-12-20(16-18(17)2)28-14-15-29-21-22(26-24(28)29)27(3)25(32)30(23(21)31)13-7-10-19-8-5-4-6-9-19/h4-12,16H,13-15H2,1-3H3/b10-7+. The van der Waals surface area contributed by atoms with Gasteiger partial charge < -0.3 is 9.47 Å². The van der Waals surface area contributed by atoms with Gasteiger partial charge >= 0.3 is 5.69 Å². The van der Waals surface area contributed by atoms with Crippen molar-refractivity contribution in [2.24, 2.45) is 7.05 Å². The second-order valence-electron chi connectivity index (χ2n) is 8.23. The van der Waals surface area contributed by atoms with Gasteiger partial charge in [-0.15, -0.1) is 0 Å². The highest BCUT2D eigenvalue weighted by molar-refractivity contribution is 5.78. The highest BCUT2D eigenvalue weighted by Gasteiger charge is 2.28. The molecule has 0 spiro atoms. The van der Waals surface area contributed by atoms with Gasteiger partial charge in [0.1, 0.15) is 0 Å². The van der Waals surface area contributed by atoms with Gasteiger partial charge in [-0.2, -0.15) is 4.98 Å². The van der Waals surface area contributed by atoms with Crippen molar-refractivity contribution in [3.8, 4) is 0 Å². The molecule has 0 saturated carbocycles. The van der Waals surface area contributed by atoms with Crippen molar-refractivity contribution < 1.29 is 0 Å². The molecule has 5 rings (SSSR count). The first kappa shape index (κ1) is 20.1. The van der Waals surface area contributed by atoms with Crippen molar-refractivity contribution in [3.05, 3.63) is 92.1 Å². The molecule has 0 radical (unpaired) electrons. The van der Waals surface area contributed by atoms with Gasteiger partial charge in [0.15, 0.2) is 11.2 Å². The summed E-state index contributed by atoms with van der Waals surface area (Å²) in [5.74, 6) is 0.702. The fraction of sp³-hybridized carbons (Fsp3) is 0.240. The Morgan fingerprint density at radius 1 is 1.00 bits per heavy atom. The molecule has 0 atom stereocenters. The summed E-state index contributed by atoms with van der Waals surface area (Å²) in [5.41, 5.74) is 4.72. The quantitative estimate of drug-likeness (QED) is 0.501. The number of nitrogens with zero attached hydrogens (tertiary/aromatic N) is 5. The first-order chi connectivity index (χ1) is 15.5. The highest BCUT2D eigenvalue weighted by atomic mass is 16.2. The first-order valence-corrected chi connectivity index (χ1v) is 10.7. The van der Waals surface area contributed by atoms with E-state index in [9.17, 15) is 9.59 Å². The monoisotopic (exact) mass is 427 g/mol. The van der Waals surface area contributed by atoms with Crippen LogP contribution in [0.5, 0.6) is 0 Å². The Bertz CT molecular complexity index is 1470. The van der Waals surface area contributed by atoms with E-state index in [1.165, 1.54) is 20.3 Å². The third-order valence-electron chi connectivity index (χ3n) is 6.20. The third-order valence-corrected chi connectivity index (χ3v) is 6.20. The number of imidazole rings is 1. The van der Waals surface area contributed by atoms with E-state index < -0.39 is 0 Å². The van der Waals surface area contributed by atoms with Gasteiger partial charge in [0.2, 0.25) is 5.95 Å². The molecule has 1 aliphatic rings. The van der Waals surface area contributed by atoms with E-state index in [0.717, 1.165) is 17.8 Å². The molecule has 32 heavy (non-hydrogen) atoms. The Morgan fingerprint density at radius 2 is 1.78 bits per heavy atom. The molecule has 0 amide bonds. The number of hydrogen-bond acceptors (Lipinski definition) is 4. The van der Waals surface area contributed by atoms with Gasteiger partial charge in [0.25, 0.3) is 5.56 Å². The van der Waals surface area contributed by atoms with Crippen molar-refractivity contribution in [1.82, 2.24) is 18.7 Å². The van der Waals surface area contributed by atoms with Crippen LogP contribution in [-0.4, -0.2) is 25.2 Å². The SMILES string of the molecule is Cc1ccc(N2CCn3c2nc2c3c(=O)n(C/C=C/c3ccccc3)c(=O)n2C)cc1C. The topological polar surface area (TPSA) is 65.1 Å². The summed E-state index contributed by atoms with van der Waals surface area (Å²) in [6.07, 6.45) is 3.75. The predicted molar refractivity (Wildman–Crippen MR) is 128 cm³/mol. The molecule has 3 heterocycles. The van der Waals surface area contributed by atoms with Crippen molar-refractivity contribution in [2.75, 3.05) is 11.4 Å². The first-order valence-electron chi connectivity index (χ1n) is 10.7. The van der Waals surface area contributed by atoms with Crippen molar-refractivity contribution in [3.63, 3.8) is 0 Å². The largest absolute Gasteiger partial charge is 0.332 e. The van der Waals surface area contributed by atoms with Crippen LogP contribution in [0.4, 0.5) is 11.6 Å². The summed E-state index contributed by atoms with van der Waals surface area (Å²) in [5, 5.41) is 0. The molecule has 0 saturated heterocycles. The number of hydrogen-bond donors (Lipinski definition) is 0. The molecule has 0 bridgehead atoms. The van der Waals surface area contributed by atoms with Crippen molar-refractivity contribution in [2.45, 2.75) is 26.9 Å². The number of aromatic nitrogens is 4. The summed E-state index contributed by atoms with van der Waals surface area (Å²) >= 11 is 0. The maximum atomic E-state index is 13.3. The second kappa shape index (κ2) is 7.67. The number of aryl methyl sites for hydroxylation is 3. The lowest BCUT2D eigenvalue weighted by Crippen LogP contribution is -2.39. The van der Waals surface area contributed by atoms with E-state index >= 15 is 0 Å². The molecule has 0 N–H and O–H groups in total. The van der Waals surface area contributed by atoms with Gasteiger partial charge in [0, 0.05) is 32.4 Å². The number of benzene rings is 2. The van der Waals surface area contributed by atoms with Crippen LogP contribution in [-0.2, 0) is 20.1 Å². The maximum absolute atomic E-state index is 13.3. The lowest BCUT2D eigenvalue weighted by molar-refractivity contribution is 0.663. The molecule has 1 aliphatic heterocycles. The molecule has 162 valence electrons. The number of fused-ring (bicyclic) bond motifs is 3. The lowest BCUT2D eigenvalue weighted by Gasteiger charge is -2.17. The van der Waals surface area contributed by atoms with E-state index in [1.807, 2.05) is 47.1 Å².